The van der Waals surface area contributed by atoms with Crippen LogP contribution in [0.3, 0.4) is 0 Å². The fraction of sp³-hybridized carbons (Fsp3) is 0.455. The highest BCUT2D eigenvalue weighted by molar-refractivity contribution is 7.91. The van der Waals surface area contributed by atoms with Crippen LogP contribution in [0.1, 0.15) is 12.5 Å². The summed E-state index contributed by atoms with van der Waals surface area (Å²) in [6.45, 7) is 5.20. The molecule has 0 heterocycles. The van der Waals surface area contributed by atoms with Crippen LogP contribution in [0, 0.1) is 6.92 Å². The van der Waals surface area contributed by atoms with E-state index < -0.39 is 9.84 Å². The van der Waals surface area contributed by atoms with Crippen LogP contribution >= 0.6 is 0 Å². The Morgan fingerprint density at radius 1 is 1.20 bits per heavy atom. The van der Waals surface area contributed by atoms with Crippen molar-refractivity contribution >= 4 is 9.84 Å². The third-order valence-electron chi connectivity index (χ3n) is 2.18. The summed E-state index contributed by atoms with van der Waals surface area (Å²) in [5.41, 5.74) is 1.07. The molecule has 0 spiro atoms. The van der Waals surface area contributed by atoms with E-state index in [4.69, 9.17) is 0 Å². The molecule has 3 nitrogen and oxygen atoms in total. The molecule has 0 unspecified atom stereocenters. The molecule has 4 heteroatoms. The van der Waals surface area contributed by atoms with Gasteiger partial charge in [-0.15, -0.1) is 0 Å². The van der Waals surface area contributed by atoms with Crippen molar-refractivity contribution in [2.75, 3.05) is 18.8 Å². The van der Waals surface area contributed by atoms with Crippen LogP contribution in [0.2, 0.25) is 0 Å². The van der Waals surface area contributed by atoms with E-state index in [1.54, 1.807) is 12.1 Å². The van der Waals surface area contributed by atoms with Crippen molar-refractivity contribution in [2.45, 2.75) is 18.7 Å². The second-order valence-electron chi connectivity index (χ2n) is 3.49. The third kappa shape index (κ3) is 3.64. The van der Waals surface area contributed by atoms with Gasteiger partial charge in [-0.3, -0.25) is 0 Å². The van der Waals surface area contributed by atoms with Gasteiger partial charge in [-0.1, -0.05) is 24.6 Å². The van der Waals surface area contributed by atoms with Crippen molar-refractivity contribution in [1.82, 2.24) is 5.32 Å². The van der Waals surface area contributed by atoms with Gasteiger partial charge in [0.25, 0.3) is 0 Å². The van der Waals surface area contributed by atoms with Crippen LogP contribution in [0.25, 0.3) is 0 Å². The summed E-state index contributed by atoms with van der Waals surface area (Å²) in [6.07, 6.45) is 0. The lowest BCUT2D eigenvalue weighted by Crippen LogP contribution is -2.22. The molecule has 15 heavy (non-hydrogen) atoms. The van der Waals surface area contributed by atoms with E-state index in [-0.39, 0.29) is 5.75 Å². The Bertz CT molecular complexity index is 395. The summed E-state index contributed by atoms with van der Waals surface area (Å²) >= 11 is 0. The Hall–Kier alpha value is -0.870. The number of aryl methyl sites for hydroxylation is 1. The van der Waals surface area contributed by atoms with Crippen LogP contribution in [-0.2, 0) is 9.84 Å². The Morgan fingerprint density at radius 2 is 1.80 bits per heavy atom. The van der Waals surface area contributed by atoms with E-state index in [2.05, 4.69) is 5.32 Å². The van der Waals surface area contributed by atoms with Crippen molar-refractivity contribution in [3.05, 3.63) is 29.8 Å². The normalized spacial score (nSPS) is 11.6. The van der Waals surface area contributed by atoms with Crippen molar-refractivity contribution in [3.63, 3.8) is 0 Å². The standard InChI is InChI=1S/C11H17NO2S/c1-3-12-8-9-15(13,14)11-6-4-10(2)5-7-11/h4-7,12H,3,8-9H2,1-2H3. The maximum atomic E-state index is 11.8. The minimum absolute atomic E-state index is 0.157. The Labute approximate surface area is 91.4 Å². The lowest BCUT2D eigenvalue weighted by atomic mass is 10.2. The molecular weight excluding hydrogens is 210 g/mol. The van der Waals surface area contributed by atoms with E-state index in [0.29, 0.717) is 11.4 Å². The molecule has 0 fully saturated rings. The van der Waals surface area contributed by atoms with Crippen molar-refractivity contribution in [2.24, 2.45) is 0 Å². The number of sulfone groups is 1. The van der Waals surface area contributed by atoms with Gasteiger partial charge in [0, 0.05) is 6.54 Å². The summed E-state index contributed by atoms with van der Waals surface area (Å²) < 4.78 is 23.6. The zero-order valence-corrected chi connectivity index (χ0v) is 9.97. The highest BCUT2D eigenvalue weighted by Crippen LogP contribution is 2.11. The van der Waals surface area contributed by atoms with Gasteiger partial charge in [-0.25, -0.2) is 8.42 Å². The van der Waals surface area contributed by atoms with Gasteiger partial charge in [0.05, 0.1) is 10.6 Å². The zero-order valence-electron chi connectivity index (χ0n) is 9.16. The molecule has 84 valence electrons. The number of hydrogen-bond donors (Lipinski definition) is 1. The second kappa shape index (κ2) is 5.28. The maximum Gasteiger partial charge on any atom is 0.179 e. The fourth-order valence-electron chi connectivity index (χ4n) is 1.25. The van der Waals surface area contributed by atoms with Crippen molar-refractivity contribution in [1.29, 1.82) is 0 Å². The molecule has 0 atom stereocenters. The molecule has 0 saturated heterocycles. The van der Waals surface area contributed by atoms with Crippen LogP contribution in [0.4, 0.5) is 0 Å². The molecule has 0 aromatic heterocycles. The van der Waals surface area contributed by atoms with Gasteiger partial charge >= 0.3 is 0 Å². The van der Waals surface area contributed by atoms with Gasteiger partial charge in [0.15, 0.2) is 9.84 Å². The molecule has 1 aromatic rings. The maximum absolute atomic E-state index is 11.8. The number of hydrogen-bond acceptors (Lipinski definition) is 3. The first kappa shape index (κ1) is 12.2. The molecule has 0 saturated carbocycles. The second-order valence-corrected chi connectivity index (χ2v) is 5.59. The Morgan fingerprint density at radius 3 is 2.33 bits per heavy atom. The highest BCUT2D eigenvalue weighted by atomic mass is 32.2. The van der Waals surface area contributed by atoms with Gasteiger partial charge in [0.2, 0.25) is 0 Å². The predicted octanol–water partition coefficient (Wildman–Crippen LogP) is 1.38. The SMILES string of the molecule is CCNCCS(=O)(=O)c1ccc(C)cc1. The number of nitrogens with one attached hydrogen (secondary N) is 1. The van der Waals surface area contributed by atoms with Gasteiger partial charge in [-0.05, 0) is 25.6 Å². The molecular formula is C11H17NO2S. The summed E-state index contributed by atoms with van der Waals surface area (Å²) in [6, 6.07) is 6.97. The largest absolute Gasteiger partial charge is 0.316 e. The fourth-order valence-corrected chi connectivity index (χ4v) is 2.45. The average Bonchev–Trinajstić information content (AvgIpc) is 2.18. The van der Waals surface area contributed by atoms with Gasteiger partial charge in [-0.2, -0.15) is 0 Å². The molecule has 1 rings (SSSR count). The van der Waals surface area contributed by atoms with Crippen molar-refractivity contribution in [3.8, 4) is 0 Å². The van der Waals surface area contributed by atoms with Gasteiger partial charge < -0.3 is 5.32 Å². The first-order valence-corrected chi connectivity index (χ1v) is 6.71. The molecule has 1 N–H and O–H groups in total. The first-order valence-electron chi connectivity index (χ1n) is 5.06. The number of benzene rings is 1. The van der Waals surface area contributed by atoms with E-state index in [0.717, 1.165) is 12.1 Å². The van der Waals surface area contributed by atoms with Crippen LogP contribution < -0.4 is 5.32 Å². The lowest BCUT2D eigenvalue weighted by Gasteiger charge is -2.05. The van der Waals surface area contributed by atoms with Crippen LogP contribution in [0.15, 0.2) is 29.2 Å². The van der Waals surface area contributed by atoms with Crippen LogP contribution in [0.5, 0.6) is 0 Å². The summed E-state index contributed by atoms with van der Waals surface area (Å²) in [4.78, 5) is 0.408. The van der Waals surface area contributed by atoms with E-state index >= 15 is 0 Å². The van der Waals surface area contributed by atoms with E-state index in [1.807, 2.05) is 26.0 Å². The summed E-state index contributed by atoms with van der Waals surface area (Å²) in [5, 5.41) is 3.01. The van der Waals surface area contributed by atoms with E-state index in [1.165, 1.54) is 0 Å². The molecule has 1 aromatic carbocycles. The average molecular weight is 227 g/mol. The minimum atomic E-state index is -3.11. The molecule has 0 aliphatic heterocycles. The monoisotopic (exact) mass is 227 g/mol. The zero-order chi connectivity index (χ0) is 11.3. The van der Waals surface area contributed by atoms with Crippen LogP contribution in [-0.4, -0.2) is 27.3 Å². The number of rotatable bonds is 5. The molecule has 0 amide bonds. The summed E-state index contributed by atoms with van der Waals surface area (Å²) in [7, 11) is -3.11. The topological polar surface area (TPSA) is 46.2 Å². The third-order valence-corrected chi connectivity index (χ3v) is 3.91. The lowest BCUT2D eigenvalue weighted by molar-refractivity contribution is 0.592. The summed E-state index contributed by atoms with van der Waals surface area (Å²) in [5.74, 6) is 0.157. The molecule has 0 aliphatic rings. The van der Waals surface area contributed by atoms with Crippen molar-refractivity contribution < 1.29 is 8.42 Å². The molecule has 0 radical (unpaired) electrons. The van der Waals surface area contributed by atoms with E-state index in [9.17, 15) is 8.42 Å². The smallest absolute Gasteiger partial charge is 0.179 e. The Balaban J connectivity index is 2.73. The predicted molar refractivity (Wildman–Crippen MR) is 61.8 cm³/mol. The first-order chi connectivity index (χ1) is 7.06. The quantitative estimate of drug-likeness (QED) is 0.773. The van der Waals surface area contributed by atoms with Gasteiger partial charge in [0.1, 0.15) is 0 Å². The molecule has 0 bridgehead atoms. The minimum Gasteiger partial charge on any atom is -0.316 e. The molecule has 0 aliphatic carbocycles. The highest BCUT2D eigenvalue weighted by Gasteiger charge is 2.12. The Kier molecular flexibility index (Phi) is 4.29.